The smallest absolute Gasteiger partial charge is 0.340 e. The molecular formula is C21H22N2O5. The Hall–Kier alpha value is -3.19. The third-order valence-corrected chi connectivity index (χ3v) is 4.34. The van der Waals surface area contributed by atoms with E-state index in [1.165, 1.54) is 0 Å². The molecule has 2 aromatic rings. The highest BCUT2D eigenvalue weighted by Crippen LogP contribution is 2.18. The fourth-order valence-electron chi connectivity index (χ4n) is 2.92. The standard InChI is InChI=1S/C21H22N2O5/c1-2-28-21(26)17-8-3-4-9-18(17)22-19(24)15-6-5-7-16(14-15)20(25)23-10-12-27-13-11-23/h3-9,14H,2,10-13H2,1H3,(H,22,24). The van der Waals surface area contributed by atoms with Crippen LogP contribution in [0.5, 0.6) is 0 Å². The first kappa shape index (κ1) is 19.6. The molecule has 1 N–H and O–H groups in total. The van der Waals surface area contributed by atoms with Gasteiger partial charge in [0.1, 0.15) is 0 Å². The van der Waals surface area contributed by atoms with E-state index in [1.54, 1.807) is 60.4 Å². The van der Waals surface area contributed by atoms with Crippen LogP contribution in [0.3, 0.4) is 0 Å². The van der Waals surface area contributed by atoms with Crippen LogP contribution in [-0.2, 0) is 9.47 Å². The summed E-state index contributed by atoms with van der Waals surface area (Å²) in [6, 6.07) is 13.2. The number of ether oxygens (including phenoxy) is 2. The monoisotopic (exact) mass is 382 g/mol. The molecule has 1 heterocycles. The molecule has 1 fully saturated rings. The van der Waals surface area contributed by atoms with Crippen molar-refractivity contribution in [2.45, 2.75) is 6.92 Å². The molecule has 146 valence electrons. The zero-order chi connectivity index (χ0) is 19.9. The van der Waals surface area contributed by atoms with Crippen molar-refractivity contribution < 1.29 is 23.9 Å². The highest BCUT2D eigenvalue weighted by Gasteiger charge is 2.20. The molecule has 0 unspecified atom stereocenters. The largest absolute Gasteiger partial charge is 0.462 e. The van der Waals surface area contributed by atoms with E-state index < -0.39 is 11.9 Å². The lowest BCUT2D eigenvalue weighted by atomic mass is 10.1. The van der Waals surface area contributed by atoms with E-state index >= 15 is 0 Å². The fourth-order valence-corrected chi connectivity index (χ4v) is 2.92. The number of para-hydroxylation sites is 1. The van der Waals surface area contributed by atoms with E-state index in [0.29, 0.717) is 43.1 Å². The van der Waals surface area contributed by atoms with Crippen LogP contribution in [-0.4, -0.2) is 55.6 Å². The van der Waals surface area contributed by atoms with Gasteiger partial charge in [-0.15, -0.1) is 0 Å². The molecule has 0 bridgehead atoms. The predicted molar refractivity (Wildman–Crippen MR) is 104 cm³/mol. The van der Waals surface area contributed by atoms with Gasteiger partial charge in [-0.2, -0.15) is 0 Å². The van der Waals surface area contributed by atoms with Gasteiger partial charge in [-0.3, -0.25) is 9.59 Å². The molecule has 7 nitrogen and oxygen atoms in total. The van der Waals surface area contributed by atoms with Crippen LogP contribution < -0.4 is 5.32 Å². The molecule has 0 spiro atoms. The predicted octanol–water partition coefficient (Wildman–Crippen LogP) is 2.59. The lowest BCUT2D eigenvalue weighted by Gasteiger charge is -2.27. The maximum atomic E-state index is 12.7. The van der Waals surface area contributed by atoms with Crippen LogP contribution in [0.25, 0.3) is 0 Å². The SMILES string of the molecule is CCOC(=O)c1ccccc1NC(=O)c1cccc(C(=O)N2CCOCC2)c1. The maximum Gasteiger partial charge on any atom is 0.340 e. The molecule has 2 aromatic carbocycles. The number of rotatable bonds is 5. The van der Waals surface area contributed by atoms with Crippen LogP contribution in [0.15, 0.2) is 48.5 Å². The van der Waals surface area contributed by atoms with Crippen molar-refractivity contribution in [2.75, 3.05) is 38.2 Å². The minimum atomic E-state index is -0.505. The molecule has 0 aromatic heterocycles. The Bertz CT molecular complexity index is 875. The third-order valence-electron chi connectivity index (χ3n) is 4.34. The number of nitrogens with one attached hydrogen (secondary N) is 1. The first-order chi connectivity index (χ1) is 13.6. The topological polar surface area (TPSA) is 84.9 Å². The summed E-state index contributed by atoms with van der Waals surface area (Å²) in [6.07, 6.45) is 0. The summed E-state index contributed by atoms with van der Waals surface area (Å²) in [6.45, 7) is 4.04. The summed E-state index contributed by atoms with van der Waals surface area (Å²) < 4.78 is 10.3. The number of hydrogen-bond donors (Lipinski definition) is 1. The first-order valence-electron chi connectivity index (χ1n) is 9.14. The first-order valence-corrected chi connectivity index (χ1v) is 9.14. The number of carbonyl (C=O) groups excluding carboxylic acids is 3. The number of benzene rings is 2. The zero-order valence-electron chi connectivity index (χ0n) is 15.6. The van der Waals surface area contributed by atoms with E-state index in [9.17, 15) is 14.4 Å². The normalized spacial score (nSPS) is 13.7. The average Bonchev–Trinajstić information content (AvgIpc) is 2.74. The Kier molecular flexibility index (Phi) is 6.39. The minimum absolute atomic E-state index is 0.134. The maximum absolute atomic E-state index is 12.7. The Morgan fingerprint density at radius 1 is 1.04 bits per heavy atom. The lowest BCUT2D eigenvalue weighted by Crippen LogP contribution is -2.40. The van der Waals surface area contributed by atoms with Crippen molar-refractivity contribution in [1.29, 1.82) is 0 Å². The molecule has 0 radical (unpaired) electrons. The average molecular weight is 382 g/mol. The molecule has 0 saturated carbocycles. The molecule has 1 aliphatic rings. The van der Waals surface area contributed by atoms with Gasteiger partial charge in [0, 0.05) is 24.2 Å². The molecule has 1 aliphatic heterocycles. The fraction of sp³-hybridized carbons (Fsp3) is 0.286. The van der Waals surface area contributed by atoms with Crippen molar-refractivity contribution in [3.8, 4) is 0 Å². The van der Waals surface area contributed by atoms with Crippen molar-refractivity contribution in [3.05, 3.63) is 65.2 Å². The highest BCUT2D eigenvalue weighted by molar-refractivity contribution is 6.09. The van der Waals surface area contributed by atoms with E-state index in [4.69, 9.17) is 9.47 Å². The molecule has 1 saturated heterocycles. The number of amides is 2. The number of carbonyl (C=O) groups is 3. The van der Waals surface area contributed by atoms with E-state index in [0.717, 1.165) is 0 Å². The van der Waals surface area contributed by atoms with Gasteiger partial charge < -0.3 is 19.7 Å². The van der Waals surface area contributed by atoms with Gasteiger partial charge in [-0.05, 0) is 37.3 Å². The number of anilines is 1. The summed E-state index contributed by atoms with van der Waals surface area (Å²) in [5.41, 5.74) is 1.40. The molecule has 0 atom stereocenters. The second-order valence-electron chi connectivity index (χ2n) is 6.21. The van der Waals surface area contributed by atoms with Gasteiger partial charge in [-0.25, -0.2) is 4.79 Å². The Labute approximate surface area is 163 Å². The molecule has 0 aliphatic carbocycles. The van der Waals surface area contributed by atoms with Crippen LogP contribution in [0.4, 0.5) is 5.69 Å². The van der Waals surface area contributed by atoms with Crippen molar-refractivity contribution in [1.82, 2.24) is 4.90 Å². The summed E-state index contributed by atoms with van der Waals surface area (Å²) in [5, 5.41) is 2.73. The molecule has 7 heteroatoms. The number of morpholine rings is 1. The van der Waals surface area contributed by atoms with Crippen molar-refractivity contribution in [2.24, 2.45) is 0 Å². The number of nitrogens with zero attached hydrogens (tertiary/aromatic N) is 1. The quantitative estimate of drug-likeness (QED) is 0.804. The van der Waals surface area contributed by atoms with Gasteiger partial charge in [0.15, 0.2) is 0 Å². The summed E-state index contributed by atoms with van der Waals surface area (Å²) in [4.78, 5) is 39.1. The molecule has 28 heavy (non-hydrogen) atoms. The number of esters is 1. The molecule has 2 amide bonds. The molecule has 3 rings (SSSR count). The van der Waals surface area contributed by atoms with Crippen LogP contribution >= 0.6 is 0 Å². The van der Waals surface area contributed by atoms with Crippen LogP contribution in [0.1, 0.15) is 38.0 Å². The highest BCUT2D eigenvalue weighted by atomic mass is 16.5. The summed E-state index contributed by atoms with van der Waals surface area (Å²) in [5.74, 6) is -1.05. The molecular weight excluding hydrogens is 360 g/mol. The van der Waals surface area contributed by atoms with Crippen molar-refractivity contribution in [3.63, 3.8) is 0 Å². The van der Waals surface area contributed by atoms with E-state index in [2.05, 4.69) is 5.32 Å². The Balaban J connectivity index is 1.77. The minimum Gasteiger partial charge on any atom is -0.462 e. The Morgan fingerprint density at radius 3 is 2.50 bits per heavy atom. The zero-order valence-corrected chi connectivity index (χ0v) is 15.6. The lowest BCUT2D eigenvalue weighted by molar-refractivity contribution is 0.0303. The summed E-state index contributed by atoms with van der Waals surface area (Å²) in [7, 11) is 0. The van der Waals surface area contributed by atoms with E-state index in [-0.39, 0.29) is 18.1 Å². The second kappa shape index (κ2) is 9.14. The van der Waals surface area contributed by atoms with Gasteiger partial charge in [0.05, 0.1) is 31.1 Å². The third kappa shape index (κ3) is 4.55. The number of hydrogen-bond acceptors (Lipinski definition) is 5. The summed E-state index contributed by atoms with van der Waals surface area (Å²) >= 11 is 0. The second-order valence-corrected chi connectivity index (χ2v) is 6.21. The van der Waals surface area contributed by atoms with E-state index in [1.807, 2.05) is 0 Å². The van der Waals surface area contributed by atoms with Gasteiger partial charge in [-0.1, -0.05) is 18.2 Å². The van der Waals surface area contributed by atoms with Gasteiger partial charge >= 0.3 is 5.97 Å². The van der Waals surface area contributed by atoms with Gasteiger partial charge in [0.25, 0.3) is 11.8 Å². The van der Waals surface area contributed by atoms with Crippen molar-refractivity contribution >= 4 is 23.5 Å². The Morgan fingerprint density at radius 2 is 1.75 bits per heavy atom. The van der Waals surface area contributed by atoms with Gasteiger partial charge in [0.2, 0.25) is 0 Å². The van der Waals surface area contributed by atoms with Crippen LogP contribution in [0.2, 0.25) is 0 Å². The van der Waals surface area contributed by atoms with Crippen LogP contribution in [0, 0.1) is 0 Å².